The molecule has 20 heavy (non-hydrogen) atoms. The fourth-order valence-corrected chi connectivity index (χ4v) is 1.99. The van der Waals surface area contributed by atoms with E-state index in [1.165, 1.54) is 0 Å². The molecular formula is C15H10ClN3Zn+2. The van der Waals surface area contributed by atoms with E-state index in [4.69, 9.17) is 11.6 Å². The second-order valence-electron chi connectivity index (χ2n) is 3.99. The van der Waals surface area contributed by atoms with Gasteiger partial charge in [0.05, 0.1) is 22.8 Å². The second kappa shape index (κ2) is 6.69. The summed E-state index contributed by atoms with van der Waals surface area (Å²) in [6.07, 6.45) is 3.47. The molecule has 0 aliphatic heterocycles. The Balaban J connectivity index is 0.00000147. The zero-order valence-corrected chi connectivity index (χ0v) is 14.4. The van der Waals surface area contributed by atoms with Gasteiger partial charge in [-0.05, 0) is 36.4 Å². The standard InChI is InChI=1S/C15H10ClN3.Zn/c16-11-9-14(12-5-1-3-7-17-12)19-15(10-11)13-6-2-4-8-18-13;/h1-10H;/q;+2. The molecule has 0 amide bonds. The fourth-order valence-electron chi connectivity index (χ4n) is 1.79. The SMILES string of the molecule is Clc1cc(-c2ccccn2)nc(-c2ccccn2)c1.[Zn+2]. The summed E-state index contributed by atoms with van der Waals surface area (Å²) in [4.78, 5) is 13.1. The Labute approximate surface area is 134 Å². The van der Waals surface area contributed by atoms with Gasteiger partial charge in [-0.25, -0.2) is 4.98 Å². The van der Waals surface area contributed by atoms with Gasteiger partial charge in [0.25, 0.3) is 0 Å². The van der Waals surface area contributed by atoms with E-state index in [-0.39, 0.29) is 19.5 Å². The Kier molecular flexibility index (Phi) is 4.94. The van der Waals surface area contributed by atoms with E-state index < -0.39 is 0 Å². The monoisotopic (exact) mass is 331 g/mol. The quantitative estimate of drug-likeness (QED) is 0.669. The van der Waals surface area contributed by atoms with Crippen molar-refractivity contribution in [1.29, 1.82) is 0 Å². The van der Waals surface area contributed by atoms with E-state index in [1.807, 2.05) is 36.4 Å². The molecule has 3 rings (SSSR count). The maximum Gasteiger partial charge on any atom is 2.00 e. The molecule has 5 heteroatoms. The number of halogens is 1. The third-order valence-corrected chi connectivity index (χ3v) is 2.86. The molecule has 0 radical (unpaired) electrons. The van der Waals surface area contributed by atoms with Crippen LogP contribution in [-0.4, -0.2) is 15.0 Å². The molecular weight excluding hydrogens is 323 g/mol. The minimum Gasteiger partial charge on any atom is -0.255 e. The van der Waals surface area contributed by atoms with Crippen LogP contribution < -0.4 is 0 Å². The van der Waals surface area contributed by atoms with Crippen LogP contribution in [0.1, 0.15) is 0 Å². The van der Waals surface area contributed by atoms with Gasteiger partial charge in [-0.1, -0.05) is 23.7 Å². The van der Waals surface area contributed by atoms with Crippen LogP contribution >= 0.6 is 11.6 Å². The predicted octanol–water partition coefficient (Wildman–Crippen LogP) is 3.86. The van der Waals surface area contributed by atoms with Gasteiger partial charge < -0.3 is 0 Å². The summed E-state index contributed by atoms with van der Waals surface area (Å²) in [7, 11) is 0. The van der Waals surface area contributed by atoms with Gasteiger partial charge >= 0.3 is 19.5 Å². The number of pyridine rings is 3. The van der Waals surface area contributed by atoms with Crippen molar-refractivity contribution >= 4 is 11.6 Å². The minimum absolute atomic E-state index is 0. The summed E-state index contributed by atoms with van der Waals surface area (Å²) in [6, 6.07) is 15.0. The predicted molar refractivity (Wildman–Crippen MR) is 75.7 cm³/mol. The molecule has 0 atom stereocenters. The summed E-state index contributed by atoms with van der Waals surface area (Å²) < 4.78 is 0. The molecule has 3 aromatic heterocycles. The third-order valence-electron chi connectivity index (χ3n) is 2.64. The summed E-state index contributed by atoms with van der Waals surface area (Å²) >= 11 is 6.15. The van der Waals surface area contributed by atoms with Crippen molar-refractivity contribution in [2.24, 2.45) is 0 Å². The van der Waals surface area contributed by atoms with Crippen molar-refractivity contribution in [2.45, 2.75) is 0 Å². The van der Waals surface area contributed by atoms with E-state index in [1.54, 1.807) is 24.5 Å². The summed E-state index contributed by atoms with van der Waals surface area (Å²) in [5.41, 5.74) is 3.08. The van der Waals surface area contributed by atoms with Crippen LogP contribution in [0.2, 0.25) is 5.02 Å². The molecule has 0 bridgehead atoms. The summed E-state index contributed by atoms with van der Waals surface area (Å²) in [5, 5.41) is 0.622. The number of rotatable bonds is 2. The molecule has 92 valence electrons. The minimum atomic E-state index is 0. The maximum atomic E-state index is 6.15. The van der Waals surface area contributed by atoms with Crippen LogP contribution in [0.4, 0.5) is 0 Å². The first-order valence-corrected chi connectivity index (χ1v) is 6.21. The van der Waals surface area contributed by atoms with Crippen LogP contribution in [0.3, 0.4) is 0 Å². The Bertz CT molecular complexity index is 632. The molecule has 0 saturated carbocycles. The van der Waals surface area contributed by atoms with Crippen LogP contribution in [0, 0.1) is 0 Å². The van der Waals surface area contributed by atoms with E-state index in [2.05, 4.69) is 15.0 Å². The zero-order chi connectivity index (χ0) is 13.1. The average Bonchev–Trinajstić information content (AvgIpc) is 2.48. The molecule has 0 N–H and O–H groups in total. The summed E-state index contributed by atoms with van der Waals surface area (Å²) in [6.45, 7) is 0. The first-order valence-electron chi connectivity index (χ1n) is 5.83. The molecule has 0 aliphatic carbocycles. The van der Waals surface area contributed by atoms with Gasteiger partial charge in [-0.2, -0.15) is 0 Å². The topological polar surface area (TPSA) is 38.7 Å². The molecule has 0 aromatic carbocycles. The van der Waals surface area contributed by atoms with Crippen molar-refractivity contribution in [1.82, 2.24) is 15.0 Å². The Morgan fingerprint density at radius 2 is 1.20 bits per heavy atom. The molecule has 0 aliphatic rings. The normalized spacial score (nSPS) is 9.85. The average molecular weight is 333 g/mol. The van der Waals surface area contributed by atoms with Gasteiger partial charge in [0, 0.05) is 17.4 Å². The second-order valence-corrected chi connectivity index (χ2v) is 4.42. The van der Waals surface area contributed by atoms with Crippen molar-refractivity contribution < 1.29 is 19.5 Å². The van der Waals surface area contributed by atoms with Gasteiger partial charge in [0.1, 0.15) is 0 Å². The largest absolute Gasteiger partial charge is 2.00 e. The smallest absolute Gasteiger partial charge is 0.255 e. The van der Waals surface area contributed by atoms with Crippen molar-refractivity contribution in [2.75, 3.05) is 0 Å². The Morgan fingerprint density at radius 3 is 1.60 bits per heavy atom. The Hall–Kier alpha value is -1.64. The maximum absolute atomic E-state index is 6.15. The van der Waals surface area contributed by atoms with Crippen molar-refractivity contribution in [3.63, 3.8) is 0 Å². The molecule has 3 heterocycles. The molecule has 0 fully saturated rings. The van der Waals surface area contributed by atoms with E-state index in [0.29, 0.717) is 5.02 Å². The van der Waals surface area contributed by atoms with Crippen LogP contribution in [0.15, 0.2) is 60.9 Å². The molecule has 3 aromatic rings. The van der Waals surface area contributed by atoms with Gasteiger partial charge in [-0.3, -0.25) is 9.97 Å². The van der Waals surface area contributed by atoms with Crippen molar-refractivity contribution in [3.05, 3.63) is 65.9 Å². The van der Waals surface area contributed by atoms with Gasteiger partial charge in [-0.15, -0.1) is 0 Å². The number of hydrogen-bond donors (Lipinski definition) is 0. The third kappa shape index (κ3) is 3.27. The first-order chi connectivity index (χ1) is 9.33. The first kappa shape index (κ1) is 14.8. The van der Waals surface area contributed by atoms with Gasteiger partial charge in [0.15, 0.2) is 0 Å². The number of aromatic nitrogens is 3. The fraction of sp³-hybridized carbons (Fsp3) is 0. The Morgan fingerprint density at radius 1 is 0.700 bits per heavy atom. The van der Waals surface area contributed by atoms with E-state index in [9.17, 15) is 0 Å². The van der Waals surface area contributed by atoms with E-state index in [0.717, 1.165) is 22.8 Å². The number of nitrogens with zero attached hydrogens (tertiary/aromatic N) is 3. The van der Waals surface area contributed by atoms with Crippen LogP contribution in [0.25, 0.3) is 22.8 Å². The zero-order valence-electron chi connectivity index (χ0n) is 10.7. The van der Waals surface area contributed by atoms with Gasteiger partial charge in [0.2, 0.25) is 0 Å². The summed E-state index contributed by atoms with van der Waals surface area (Å²) in [5.74, 6) is 0. The number of hydrogen-bond acceptors (Lipinski definition) is 3. The molecule has 3 nitrogen and oxygen atoms in total. The molecule has 0 unspecified atom stereocenters. The van der Waals surface area contributed by atoms with Crippen LogP contribution in [-0.2, 0) is 19.5 Å². The van der Waals surface area contributed by atoms with Crippen molar-refractivity contribution in [3.8, 4) is 22.8 Å². The molecule has 0 saturated heterocycles. The van der Waals surface area contributed by atoms with Crippen LogP contribution in [0.5, 0.6) is 0 Å². The molecule has 0 spiro atoms. The van der Waals surface area contributed by atoms with E-state index >= 15 is 0 Å².